The highest BCUT2D eigenvalue weighted by Gasteiger charge is 2.23. The average molecular weight is 313 g/mol. The van der Waals surface area contributed by atoms with E-state index in [9.17, 15) is 4.79 Å². The summed E-state index contributed by atoms with van der Waals surface area (Å²) >= 11 is 0. The van der Waals surface area contributed by atoms with Crippen LogP contribution in [0.5, 0.6) is 0 Å². The highest BCUT2D eigenvalue weighted by atomic mass is 16.2. The number of nitrogens with zero attached hydrogens (tertiary/aromatic N) is 1. The lowest BCUT2D eigenvalue weighted by molar-refractivity contribution is 0.0643. The largest absolute Gasteiger partial charge is 0.334 e. The van der Waals surface area contributed by atoms with Crippen molar-refractivity contribution in [3.8, 4) is 0 Å². The van der Waals surface area contributed by atoms with E-state index < -0.39 is 0 Å². The molecule has 1 aliphatic carbocycles. The highest BCUT2D eigenvalue weighted by Crippen LogP contribution is 2.31. The molecule has 1 saturated carbocycles. The fourth-order valence-electron chi connectivity index (χ4n) is 3.65. The molecule has 2 rings (SSSR count). The second kappa shape index (κ2) is 7.81. The van der Waals surface area contributed by atoms with Gasteiger partial charge in [0.05, 0.1) is 0 Å². The Balaban J connectivity index is 2.37. The van der Waals surface area contributed by atoms with Crippen molar-refractivity contribution in [1.82, 2.24) is 4.90 Å². The molecule has 0 saturated heterocycles. The molecule has 2 heteroatoms. The Labute approximate surface area is 141 Å². The number of hydrogen-bond donors (Lipinski definition) is 0. The zero-order chi connectivity index (χ0) is 17.0. The summed E-state index contributed by atoms with van der Waals surface area (Å²) < 4.78 is 0. The molecule has 0 heterocycles. The maximum absolute atomic E-state index is 13.1. The maximum Gasteiger partial charge on any atom is 0.254 e. The molecule has 0 aliphatic heterocycles. The Morgan fingerprint density at radius 3 is 2.39 bits per heavy atom. The van der Waals surface area contributed by atoms with Crippen LogP contribution in [0, 0.1) is 5.92 Å². The minimum absolute atomic E-state index is 0.144. The normalized spacial score (nSPS) is 20.3. The van der Waals surface area contributed by atoms with Crippen LogP contribution in [0.4, 0.5) is 0 Å². The van der Waals surface area contributed by atoms with E-state index in [2.05, 4.69) is 46.8 Å². The van der Waals surface area contributed by atoms with Crippen LogP contribution in [-0.2, 0) is 0 Å². The molecule has 23 heavy (non-hydrogen) atoms. The zero-order valence-electron chi connectivity index (χ0n) is 15.3. The smallest absolute Gasteiger partial charge is 0.254 e. The van der Waals surface area contributed by atoms with Gasteiger partial charge >= 0.3 is 0 Å². The molecule has 0 spiro atoms. The second-order valence-corrected chi connectivity index (χ2v) is 7.35. The van der Waals surface area contributed by atoms with Gasteiger partial charge in [0.25, 0.3) is 5.91 Å². The Kier molecular flexibility index (Phi) is 6.04. The minimum Gasteiger partial charge on any atom is -0.334 e. The van der Waals surface area contributed by atoms with E-state index in [0.717, 1.165) is 11.1 Å². The van der Waals surface area contributed by atoms with Gasteiger partial charge in [-0.25, -0.2) is 0 Å². The predicted molar refractivity (Wildman–Crippen MR) is 98.5 cm³/mol. The van der Waals surface area contributed by atoms with Gasteiger partial charge in [-0.2, -0.15) is 0 Å². The van der Waals surface area contributed by atoms with E-state index in [1.54, 1.807) is 0 Å². The van der Waals surface area contributed by atoms with Crippen LogP contribution in [0.2, 0.25) is 0 Å². The van der Waals surface area contributed by atoms with Gasteiger partial charge in [0.2, 0.25) is 0 Å². The van der Waals surface area contributed by atoms with Crippen LogP contribution in [0.1, 0.15) is 76.2 Å². The zero-order valence-corrected chi connectivity index (χ0v) is 15.3. The Morgan fingerprint density at radius 2 is 1.78 bits per heavy atom. The van der Waals surface area contributed by atoms with Gasteiger partial charge in [0, 0.05) is 17.6 Å². The molecule has 1 atom stereocenters. The van der Waals surface area contributed by atoms with Crippen molar-refractivity contribution in [3.63, 3.8) is 0 Å². The lowest BCUT2D eigenvalue weighted by Gasteiger charge is -2.31. The molecule has 126 valence electrons. The summed E-state index contributed by atoms with van der Waals surface area (Å²) in [7, 11) is 0. The van der Waals surface area contributed by atoms with Gasteiger partial charge in [0.1, 0.15) is 0 Å². The summed E-state index contributed by atoms with van der Waals surface area (Å²) in [4.78, 5) is 15.0. The average Bonchev–Trinajstić information content (AvgIpc) is 2.49. The van der Waals surface area contributed by atoms with E-state index in [1.165, 1.54) is 31.3 Å². The number of amides is 1. The minimum atomic E-state index is 0.144. The van der Waals surface area contributed by atoms with Gasteiger partial charge in [-0.15, -0.1) is 0 Å². The summed E-state index contributed by atoms with van der Waals surface area (Å²) in [6.45, 7) is 10.7. The number of benzene rings is 1. The van der Waals surface area contributed by atoms with Crippen molar-refractivity contribution >= 4 is 12.0 Å². The molecule has 1 amide bonds. The molecule has 0 aromatic heterocycles. The third-order valence-corrected chi connectivity index (χ3v) is 4.86. The van der Waals surface area contributed by atoms with Crippen LogP contribution in [0.3, 0.4) is 0 Å². The Morgan fingerprint density at radius 1 is 1.13 bits per heavy atom. The maximum atomic E-state index is 13.1. The molecule has 0 bridgehead atoms. The van der Waals surface area contributed by atoms with E-state index in [1.807, 2.05) is 23.1 Å². The first-order valence-corrected chi connectivity index (χ1v) is 9.04. The second-order valence-electron chi connectivity index (χ2n) is 7.35. The van der Waals surface area contributed by atoms with E-state index in [4.69, 9.17) is 0 Å². The lowest BCUT2D eigenvalue weighted by Crippen LogP contribution is -2.42. The Hall–Kier alpha value is -1.57. The van der Waals surface area contributed by atoms with Gasteiger partial charge < -0.3 is 4.90 Å². The molecule has 1 aromatic carbocycles. The number of allylic oxidation sites excluding steroid dienone is 1. The van der Waals surface area contributed by atoms with Gasteiger partial charge in [-0.05, 0) is 64.5 Å². The molecular formula is C21H31NO. The van der Waals surface area contributed by atoms with Crippen LogP contribution in [-0.4, -0.2) is 22.9 Å². The van der Waals surface area contributed by atoms with E-state index >= 15 is 0 Å². The predicted octanol–water partition coefficient (Wildman–Crippen LogP) is 5.54. The third kappa shape index (κ3) is 4.25. The van der Waals surface area contributed by atoms with Crippen molar-refractivity contribution in [2.45, 2.75) is 72.4 Å². The van der Waals surface area contributed by atoms with Crippen molar-refractivity contribution in [3.05, 3.63) is 41.0 Å². The van der Waals surface area contributed by atoms with Crippen LogP contribution in [0.15, 0.2) is 29.8 Å². The quantitative estimate of drug-likeness (QED) is 0.714. The van der Waals surface area contributed by atoms with E-state index in [0.29, 0.717) is 5.92 Å². The van der Waals surface area contributed by atoms with Gasteiger partial charge in [0.15, 0.2) is 0 Å². The highest BCUT2D eigenvalue weighted by molar-refractivity contribution is 5.98. The number of carbonyl (C=O) groups is 1. The molecule has 1 aliphatic rings. The summed E-state index contributed by atoms with van der Waals surface area (Å²) in [5, 5.41) is 0. The fourth-order valence-corrected chi connectivity index (χ4v) is 3.65. The van der Waals surface area contributed by atoms with Crippen molar-refractivity contribution in [2.75, 3.05) is 0 Å². The molecule has 2 nitrogen and oxygen atoms in total. The summed E-state index contributed by atoms with van der Waals surface area (Å²) in [6, 6.07) is 8.47. The number of hydrogen-bond acceptors (Lipinski definition) is 1. The first kappa shape index (κ1) is 17.8. The summed E-state index contributed by atoms with van der Waals surface area (Å²) in [5.41, 5.74) is 3.41. The molecular weight excluding hydrogens is 282 g/mol. The van der Waals surface area contributed by atoms with Crippen molar-refractivity contribution < 1.29 is 4.79 Å². The molecule has 1 aromatic rings. The van der Waals surface area contributed by atoms with Crippen molar-refractivity contribution in [1.29, 1.82) is 0 Å². The first-order chi connectivity index (χ1) is 10.9. The lowest BCUT2D eigenvalue weighted by atomic mass is 9.84. The molecule has 1 fully saturated rings. The van der Waals surface area contributed by atoms with Gasteiger partial charge in [-0.1, -0.05) is 43.2 Å². The monoisotopic (exact) mass is 313 g/mol. The van der Waals surface area contributed by atoms with Crippen LogP contribution in [0.25, 0.3) is 6.08 Å². The summed E-state index contributed by atoms with van der Waals surface area (Å²) in [6.07, 6.45) is 7.31. The van der Waals surface area contributed by atoms with Gasteiger partial charge in [-0.3, -0.25) is 4.79 Å². The van der Waals surface area contributed by atoms with Crippen molar-refractivity contribution in [2.24, 2.45) is 5.92 Å². The van der Waals surface area contributed by atoms with Crippen LogP contribution >= 0.6 is 0 Å². The molecule has 0 N–H and O–H groups in total. The first-order valence-electron chi connectivity index (χ1n) is 9.04. The number of carbonyl (C=O) groups excluding carboxylic acids is 1. The number of rotatable bonds is 4. The summed E-state index contributed by atoms with van der Waals surface area (Å²) in [5.74, 6) is 0.782. The third-order valence-electron chi connectivity index (χ3n) is 4.86. The van der Waals surface area contributed by atoms with Crippen LogP contribution < -0.4 is 0 Å². The molecule has 0 radical (unpaired) electrons. The molecule has 1 unspecified atom stereocenters. The van der Waals surface area contributed by atoms with E-state index in [-0.39, 0.29) is 18.0 Å². The topological polar surface area (TPSA) is 20.3 Å². The standard InChI is InChI=1S/C21H31NO/c1-15(2)22(16(3)4)21(23)20-13-9-8-12-19(20)14-18-11-7-6-10-17(18)5/h8-9,12-17H,6-7,10-11H2,1-5H3/b18-14+. The Bertz CT molecular complexity index is 563. The fraction of sp³-hybridized carbons (Fsp3) is 0.571. The SMILES string of the molecule is CC1CCCC/C1=C\c1ccccc1C(=O)N(C(C)C)C(C)C.